The van der Waals surface area contributed by atoms with E-state index in [0.717, 1.165) is 0 Å². The van der Waals surface area contributed by atoms with Crippen LogP contribution in [-0.2, 0) is 9.47 Å². The van der Waals surface area contributed by atoms with Gasteiger partial charge in [0.05, 0.1) is 12.7 Å². The Hall–Kier alpha value is -0.970. The quantitative estimate of drug-likeness (QED) is 0.774. The first-order valence-electron chi connectivity index (χ1n) is 4.53. The lowest BCUT2D eigenvalue weighted by molar-refractivity contribution is -0.0607. The highest BCUT2D eigenvalue weighted by Gasteiger charge is 2.27. The molecule has 0 amide bonds. The van der Waals surface area contributed by atoms with Crippen molar-refractivity contribution in [3.05, 3.63) is 35.6 Å². The lowest BCUT2D eigenvalue weighted by atomic mass is 10.2. The number of nitrogens with two attached hydrogens (primary N) is 1. The highest BCUT2D eigenvalue weighted by Crippen LogP contribution is 2.27. The van der Waals surface area contributed by atoms with E-state index in [9.17, 15) is 4.39 Å². The van der Waals surface area contributed by atoms with Gasteiger partial charge in [-0.2, -0.15) is 0 Å². The Morgan fingerprint density at radius 3 is 2.86 bits per heavy atom. The van der Waals surface area contributed by atoms with Gasteiger partial charge in [0.2, 0.25) is 0 Å². The maximum Gasteiger partial charge on any atom is 0.187 e. The van der Waals surface area contributed by atoms with Gasteiger partial charge in [0, 0.05) is 12.1 Å². The van der Waals surface area contributed by atoms with Crippen molar-refractivity contribution in [2.24, 2.45) is 5.73 Å². The predicted octanol–water partition coefficient (Wildman–Crippen LogP) is 1.20. The molecule has 0 bridgehead atoms. The average molecular weight is 197 g/mol. The van der Waals surface area contributed by atoms with Gasteiger partial charge < -0.3 is 15.2 Å². The molecule has 2 N–H and O–H groups in total. The molecule has 1 aliphatic heterocycles. The minimum absolute atomic E-state index is 0.125. The van der Waals surface area contributed by atoms with Crippen molar-refractivity contribution in [1.29, 1.82) is 0 Å². The van der Waals surface area contributed by atoms with Crippen molar-refractivity contribution in [3.8, 4) is 0 Å². The number of rotatable bonds is 2. The maximum absolute atomic E-state index is 13.3. The van der Waals surface area contributed by atoms with E-state index in [0.29, 0.717) is 18.7 Å². The third-order valence-corrected chi connectivity index (χ3v) is 2.17. The minimum atomic E-state index is -0.607. The lowest BCUT2D eigenvalue weighted by Gasteiger charge is -2.11. The SMILES string of the molecule is NCC1COC(c2ccccc2F)O1. The number of halogens is 1. The zero-order chi connectivity index (χ0) is 9.97. The van der Waals surface area contributed by atoms with Crippen LogP contribution < -0.4 is 5.73 Å². The fraction of sp³-hybridized carbons (Fsp3) is 0.400. The Morgan fingerprint density at radius 1 is 1.43 bits per heavy atom. The molecular formula is C10H12FNO2. The number of hydrogen-bond acceptors (Lipinski definition) is 3. The zero-order valence-electron chi connectivity index (χ0n) is 7.65. The van der Waals surface area contributed by atoms with Crippen LogP contribution in [0.2, 0.25) is 0 Å². The number of ether oxygens (including phenoxy) is 2. The molecule has 0 spiro atoms. The second-order valence-corrected chi connectivity index (χ2v) is 3.18. The fourth-order valence-electron chi connectivity index (χ4n) is 1.40. The van der Waals surface area contributed by atoms with Crippen molar-refractivity contribution in [3.63, 3.8) is 0 Å². The highest BCUT2D eigenvalue weighted by molar-refractivity contribution is 5.19. The first kappa shape index (κ1) is 9.58. The Kier molecular flexibility index (Phi) is 2.77. The molecule has 1 saturated heterocycles. The summed E-state index contributed by atoms with van der Waals surface area (Å²) in [4.78, 5) is 0. The van der Waals surface area contributed by atoms with E-state index in [-0.39, 0.29) is 11.9 Å². The molecule has 1 fully saturated rings. The monoisotopic (exact) mass is 197 g/mol. The van der Waals surface area contributed by atoms with E-state index in [4.69, 9.17) is 15.2 Å². The standard InChI is InChI=1S/C10H12FNO2/c11-9-4-2-1-3-8(9)10-13-6-7(5-12)14-10/h1-4,7,10H,5-6,12H2. The number of benzene rings is 1. The van der Waals surface area contributed by atoms with Gasteiger partial charge >= 0.3 is 0 Å². The Labute approximate surface area is 81.6 Å². The van der Waals surface area contributed by atoms with Crippen LogP contribution in [0.4, 0.5) is 4.39 Å². The van der Waals surface area contributed by atoms with E-state index in [2.05, 4.69) is 0 Å². The molecule has 1 heterocycles. The molecule has 1 aromatic rings. The van der Waals surface area contributed by atoms with Gasteiger partial charge in [-0.15, -0.1) is 0 Å². The first-order valence-corrected chi connectivity index (χ1v) is 4.53. The molecule has 0 radical (unpaired) electrons. The van der Waals surface area contributed by atoms with Crippen LogP contribution in [0.1, 0.15) is 11.9 Å². The van der Waals surface area contributed by atoms with Gasteiger partial charge in [-0.05, 0) is 6.07 Å². The van der Waals surface area contributed by atoms with Crippen molar-refractivity contribution >= 4 is 0 Å². The Balaban J connectivity index is 2.13. The Morgan fingerprint density at radius 2 is 2.21 bits per heavy atom. The van der Waals surface area contributed by atoms with E-state index in [1.54, 1.807) is 18.2 Å². The molecule has 0 aliphatic carbocycles. The summed E-state index contributed by atoms with van der Waals surface area (Å²) in [5.74, 6) is -0.310. The van der Waals surface area contributed by atoms with Gasteiger partial charge in [-0.1, -0.05) is 18.2 Å². The largest absolute Gasteiger partial charge is 0.346 e. The molecule has 76 valence electrons. The topological polar surface area (TPSA) is 44.5 Å². The molecule has 2 atom stereocenters. The van der Waals surface area contributed by atoms with Crippen LogP contribution in [0.3, 0.4) is 0 Å². The van der Waals surface area contributed by atoms with Gasteiger partial charge in [-0.25, -0.2) is 4.39 Å². The molecule has 1 aromatic carbocycles. The average Bonchev–Trinajstić information content (AvgIpc) is 2.67. The summed E-state index contributed by atoms with van der Waals surface area (Å²) < 4.78 is 24.0. The van der Waals surface area contributed by atoms with Crippen LogP contribution in [0.25, 0.3) is 0 Å². The fourth-order valence-corrected chi connectivity index (χ4v) is 1.40. The zero-order valence-corrected chi connectivity index (χ0v) is 7.65. The maximum atomic E-state index is 13.3. The predicted molar refractivity (Wildman–Crippen MR) is 49.0 cm³/mol. The van der Waals surface area contributed by atoms with Crippen molar-refractivity contribution in [2.75, 3.05) is 13.2 Å². The minimum Gasteiger partial charge on any atom is -0.346 e. The van der Waals surface area contributed by atoms with Crippen molar-refractivity contribution in [2.45, 2.75) is 12.4 Å². The van der Waals surface area contributed by atoms with Gasteiger partial charge in [0.1, 0.15) is 5.82 Å². The van der Waals surface area contributed by atoms with Crippen molar-refractivity contribution < 1.29 is 13.9 Å². The van der Waals surface area contributed by atoms with E-state index < -0.39 is 6.29 Å². The van der Waals surface area contributed by atoms with Gasteiger partial charge in [0.15, 0.2) is 6.29 Å². The summed E-state index contributed by atoms with van der Waals surface area (Å²) in [5, 5.41) is 0. The first-order chi connectivity index (χ1) is 6.81. The molecule has 1 aliphatic rings. The van der Waals surface area contributed by atoms with Crippen LogP contribution >= 0.6 is 0 Å². The van der Waals surface area contributed by atoms with Crippen LogP contribution in [0, 0.1) is 5.82 Å². The van der Waals surface area contributed by atoms with Crippen LogP contribution in [0.15, 0.2) is 24.3 Å². The van der Waals surface area contributed by atoms with Gasteiger partial charge in [-0.3, -0.25) is 0 Å². The summed E-state index contributed by atoms with van der Waals surface area (Å²) in [6.45, 7) is 0.820. The highest BCUT2D eigenvalue weighted by atomic mass is 19.1. The molecule has 0 saturated carbocycles. The normalized spacial score (nSPS) is 26.7. The summed E-state index contributed by atoms with van der Waals surface area (Å²) in [6, 6.07) is 6.42. The molecule has 4 heteroatoms. The Bertz CT molecular complexity index is 319. The van der Waals surface area contributed by atoms with E-state index >= 15 is 0 Å². The van der Waals surface area contributed by atoms with Crippen LogP contribution in [0.5, 0.6) is 0 Å². The molecular weight excluding hydrogens is 185 g/mol. The number of hydrogen-bond donors (Lipinski definition) is 1. The molecule has 2 unspecified atom stereocenters. The molecule has 14 heavy (non-hydrogen) atoms. The van der Waals surface area contributed by atoms with Crippen molar-refractivity contribution in [1.82, 2.24) is 0 Å². The molecule has 2 rings (SSSR count). The summed E-state index contributed by atoms with van der Waals surface area (Å²) in [5.41, 5.74) is 5.85. The summed E-state index contributed by atoms with van der Waals surface area (Å²) in [6.07, 6.45) is -0.732. The van der Waals surface area contributed by atoms with Crippen LogP contribution in [-0.4, -0.2) is 19.3 Å². The van der Waals surface area contributed by atoms with Gasteiger partial charge in [0.25, 0.3) is 0 Å². The summed E-state index contributed by atoms with van der Waals surface area (Å²) >= 11 is 0. The second-order valence-electron chi connectivity index (χ2n) is 3.18. The summed E-state index contributed by atoms with van der Waals surface area (Å²) in [7, 11) is 0. The molecule has 0 aromatic heterocycles. The lowest BCUT2D eigenvalue weighted by Crippen LogP contribution is -2.21. The van der Waals surface area contributed by atoms with E-state index in [1.165, 1.54) is 6.07 Å². The van der Waals surface area contributed by atoms with E-state index in [1.807, 2.05) is 0 Å². The second kappa shape index (κ2) is 4.04. The smallest absolute Gasteiger partial charge is 0.187 e. The molecule has 3 nitrogen and oxygen atoms in total. The third-order valence-electron chi connectivity index (χ3n) is 2.17. The third kappa shape index (κ3) is 1.77.